The lowest BCUT2D eigenvalue weighted by atomic mass is 10.3. The largest absolute Gasteiger partial charge is 0.418 e. The first-order chi connectivity index (χ1) is 4.48. The summed E-state index contributed by atoms with van der Waals surface area (Å²) < 4.78 is 34.1. The van der Waals surface area contributed by atoms with Gasteiger partial charge in [0.1, 0.15) is 0 Å². The minimum Gasteiger partial charge on any atom is -0.380 e. The summed E-state index contributed by atoms with van der Waals surface area (Å²) in [6.45, 7) is 0. The highest BCUT2D eigenvalue weighted by Crippen LogP contribution is 2.20. The van der Waals surface area contributed by atoms with Gasteiger partial charge in [-0.2, -0.15) is 18.4 Å². The Morgan fingerprint density at radius 3 is 2.30 bits per heavy atom. The predicted octanol–water partition coefficient (Wildman–Crippen LogP) is 0.989. The van der Waals surface area contributed by atoms with Crippen molar-refractivity contribution in [1.29, 1.82) is 5.26 Å². The Bertz CT molecular complexity index is 167. The zero-order valence-corrected chi connectivity index (χ0v) is 4.76. The van der Waals surface area contributed by atoms with Crippen LogP contribution in [-0.2, 0) is 0 Å². The maximum atomic E-state index is 11.4. The van der Waals surface area contributed by atoms with E-state index in [1.54, 1.807) is 0 Å². The Kier molecular flexibility index (Phi) is 2.90. The molecule has 0 rings (SSSR count). The summed E-state index contributed by atoms with van der Waals surface area (Å²) >= 11 is 0. The van der Waals surface area contributed by atoms with E-state index in [1.165, 1.54) is 6.07 Å². The fourth-order valence-corrected chi connectivity index (χ4v) is 0.243. The fourth-order valence-electron chi connectivity index (χ4n) is 0.243. The maximum absolute atomic E-state index is 11.4. The molecule has 0 aromatic carbocycles. The van der Waals surface area contributed by atoms with E-state index < -0.39 is 12.3 Å². The molecular weight excluding hydrogens is 147 g/mol. The van der Waals surface area contributed by atoms with Crippen LogP contribution in [0, 0.1) is 11.3 Å². The van der Waals surface area contributed by atoms with Crippen molar-refractivity contribution in [3.05, 3.63) is 12.2 Å². The SMILES string of the molecule is N#C/C=C/C(O)C(F)(F)F. The Hall–Kier alpha value is -1.02. The number of hydrogen-bond acceptors (Lipinski definition) is 2. The summed E-state index contributed by atoms with van der Waals surface area (Å²) in [5, 5.41) is 15.9. The van der Waals surface area contributed by atoms with Crippen molar-refractivity contribution in [2.24, 2.45) is 0 Å². The van der Waals surface area contributed by atoms with Crippen LogP contribution in [0.2, 0.25) is 0 Å². The Balaban J connectivity index is 4.00. The monoisotopic (exact) mass is 151 g/mol. The molecule has 0 radical (unpaired) electrons. The van der Waals surface area contributed by atoms with Gasteiger partial charge in [0.15, 0.2) is 6.10 Å². The van der Waals surface area contributed by atoms with Crippen molar-refractivity contribution >= 4 is 0 Å². The smallest absolute Gasteiger partial charge is 0.380 e. The molecule has 0 fully saturated rings. The molecule has 0 saturated carbocycles. The van der Waals surface area contributed by atoms with E-state index >= 15 is 0 Å². The van der Waals surface area contributed by atoms with Crippen LogP contribution in [0.4, 0.5) is 13.2 Å². The van der Waals surface area contributed by atoms with Gasteiger partial charge in [-0.3, -0.25) is 0 Å². The Morgan fingerprint density at radius 2 is 2.00 bits per heavy atom. The highest BCUT2D eigenvalue weighted by Gasteiger charge is 2.35. The zero-order valence-electron chi connectivity index (χ0n) is 4.76. The quantitative estimate of drug-likeness (QED) is 0.568. The van der Waals surface area contributed by atoms with Gasteiger partial charge < -0.3 is 5.11 Å². The second-order valence-corrected chi connectivity index (χ2v) is 1.47. The molecule has 56 valence electrons. The summed E-state index contributed by atoms with van der Waals surface area (Å²) in [7, 11) is 0. The summed E-state index contributed by atoms with van der Waals surface area (Å²) in [5.41, 5.74) is 0. The summed E-state index contributed by atoms with van der Waals surface area (Å²) in [5.74, 6) is 0. The van der Waals surface area contributed by atoms with Crippen LogP contribution in [0.5, 0.6) is 0 Å². The molecule has 0 amide bonds. The fraction of sp³-hybridized carbons (Fsp3) is 0.400. The van der Waals surface area contributed by atoms with E-state index in [2.05, 4.69) is 0 Å². The van der Waals surface area contributed by atoms with E-state index in [0.29, 0.717) is 12.2 Å². The Morgan fingerprint density at radius 1 is 1.50 bits per heavy atom. The highest BCUT2D eigenvalue weighted by molar-refractivity contribution is 5.05. The average Bonchev–Trinajstić information content (AvgIpc) is 1.80. The number of hydrogen-bond donors (Lipinski definition) is 1. The first-order valence-electron chi connectivity index (χ1n) is 2.29. The van der Waals surface area contributed by atoms with Crippen molar-refractivity contribution in [2.75, 3.05) is 0 Å². The number of aliphatic hydroxyl groups is 1. The molecule has 0 aliphatic heterocycles. The van der Waals surface area contributed by atoms with E-state index in [4.69, 9.17) is 10.4 Å². The van der Waals surface area contributed by atoms with Gasteiger partial charge in [-0.05, 0) is 6.08 Å². The van der Waals surface area contributed by atoms with Crippen LogP contribution < -0.4 is 0 Å². The van der Waals surface area contributed by atoms with Gasteiger partial charge in [-0.25, -0.2) is 0 Å². The summed E-state index contributed by atoms with van der Waals surface area (Å²) in [4.78, 5) is 0. The van der Waals surface area contributed by atoms with E-state index in [9.17, 15) is 13.2 Å². The number of halogens is 3. The number of nitriles is 1. The molecule has 1 unspecified atom stereocenters. The normalized spacial score (nSPS) is 15.1. The summed E-state index contributed by atoms with van der Waals surface area (Å²) in [6, 6.07) is 1.33. The van der Waals surface area contributed by atoms with Gasteiger partial charge in [-0.15, -0.1) is 0 Å². The van der Waals surface area contributed by atoms with E-state index in [-0.39, 0.29) is 0 Å². The molecule has 0 bridgehead atoms. The first-order valence-corrected chi connectivity index (χ1v) is 2.29. The molecule has 0 aliphatic carbocycles. The minimum absolute atomic E-state index is 0.375. The van der Waals surface area contributed by atoms with Gasteiger partial charge in [0.2, 0.25) is 0 Å². The molecule has 1 N–H and O–H groups in total. The third-order valence-electron chi connectivity index (χ3n) is 0.688. The maximum Gasteiger partial charge on any atom is 0.418 e. The average molecular weight is 151 g/mol. The van der Waals surface area contributed by atoms with Crippen LogP contribution in [0.15, 0.2) is 12.2 Å². The van der Waals surface area contributed by atoms with E-state index in [1.807, 2.05) is 0 Å². The van der Waals surface area contributed by atoms with Crippen molar-refractivity contribution in [2.45, 2.75) is 12.3 Å². The van der Waals surface area contributed by atoms with Gasteiger partial charge in [0, 0.05) is 6.08 Å². The van der Waals surface area contributed by atoms with Gasteiger partial charge >= 0.3 is 6.18 Å². The van der Waals surface area contributed by atoms with Crippen LogP contribution in [0.3, 0.4) is 0 Å². The summed E-state index contributed by atoms with van der Waals surface area (Å²) in [6.07, 6.45) is -6.25. The van der Waals surface area contributed by atoms with Crippen LogP contribution >= 0.6 is 0 Å². The molecule has 0 aromatic heterocycles. The third kappa shape index (κ3) is 3.10. The van der Waals surface area contributed by atoms with Crippen LogP contribution in [0.1, 0.15) is 0 Å². The molecule has 10 heavy (non-hydrogen) atoms. The van der Waals surface area contributed by atoms with Gasteiger partial charge in [0.25, 0.3) is 0 Å². The van der Waals surface area contributed by atoms with Crippen molar-refractivity contribution in [3.63, 3.8) is 0 Å². The third-order valence-corrected chi connectivity index (χ3v) is 0.688. The predicted molar refractivity (Wildman–Crippen MR) is 26.8 cm³/mol. The molecule has 0 heterocycles. The van der Waals surface area contributed by atoms with Gasteiger partial charge in [-0.1, -0.05) is 0 Å². The van der Waals surface area contributed by atoms with Crippen molar-refractivity contribution in [3.8, 4) is 6.07 Å². The second-order valence-electron chi connectivity index (χ2n) is 1.47. The van der Waals surface area contributed by atoms with Crippen LogP contribution in [0.25, 0.3) is 0 Å². The number of nitrogens with zero attached hydrogens (tertiary/aromatic N) is 1. The number of rotatable bonds is 1. The molecule has 2 nitrogen and oxygen atoms in total. The lowest BCUT2D eigenvalue weighted by Gasteiger charge is -2.08. The highest BCUT2D eigenvalue weighted by atomic mass is 19.4. The topological polar surface area (TPSA) is 44.0 Å². The number of allylic oxidation sites excluding steroid dienone is 1. The molecule has 5 heteroatoms. The standard InChI is InChI=1S/C5H4F3NO/c6-5(7,8)4(10)2-1-3-9/h1-2,4,10H/b2-1+. The molecule has 1 atom stereocenters. The zero-order chi connectivity index (χ0) is 8.20. The van der Waals surface area contributed by atoms with Crippen LogP contribution in [-0.4, -0.2) is 17.4 Å². The lowest BCUT2D eigenvalue weighted by Crippen LogP contribution is -2.25. The van der Waals surface area contributed by atoms with Gasteiger partial charge in [0.05, 0.1) is 6.07 Å². The minimum atomic E-state index is -4.67. The van der Waals surface area contributed by atoms with Crippen molar-refractivity contribution in [1.82, 2.24) is 0 Å². The molecule has 0 spiro atoms. The first kappa shape index (κ1) is 8.98. The lowest BCUT2D eigenvalue weighted by molar-refractivity contribution is -0.187. The number of aliphatic hydroxyl groups excluding tert-OH is 1. The molecule has 0 aliphatic rings. The Labute approximate surface area is 55.2 Å². The molecular formula is C5H4F3NO. The molecule has 0 aromatic rings. The number of alkyl halides is 3. The van der Waals surface area contributed by atoms with Crippen molar-refractivity contribution < 1.29 is 18.3 Å². The van der Waals surface area contributed by atoms with E-state index in [0.717, 1.165) is 0 Å². The molecule has 0 saturated heterocycles. The second kappa shape index (κ2) is 3.22.